The van der Waals surface area contributed by atoms with Crippen molar-refractivity contribution in [3.05, 3.63) is 29.7 Å². The Morgan fingerprint density at radius 2 is 2.04 bits per heavy atom. The summed E-state index contributed by atoms with van der Waals surface area (Å²) in [5.74, 6) is -0.837. The number of piperazine rings is 1. The summed E-state index contributed by atoms with van der Waals surface area (Å²) < 4.78 is 19.3. The fourth-order valence-corrected chi connectivity index (χ4v) is 2.72. The average molecular weight is 333 g/mol. The smallest absolute Gasteiger partial charge is 0.361 e. The van der Waals surface area contributed by atoms with Gasteiger partial charge in [0.2, 0.25) is 0 Å². The van der Waals surface area contributed by atoms with Crippen LogP contribution in [0.15, 0.2) is 18.2 Å². The third kappa shape index (κ3) is 3.23. The van der Waals surface area contributed by atoms with Crippen LogP contribution >= 0.6 is 0 Å². The minimum absolute atomic E-state index is 0.104. The number of anilines is 1. The molecule has 7 nitrogen and oxygen atoms in total. The summed E-state index contributed by atoms with van der Waals surface area (Å²) in [5.41, 5.74) is 1.61. The van der Waals surface area contributed by atoms with Gasteiger partial charge in [-0.2, -0.15) is 10.3 Å². The van der Waals surface area contributed by atoms with E-state index in [4.69, 9.17) is 4.74 Å². The number of esters is 1. The molecule has 2 aromatic rings. The molecule has 3 rings (SSSR count). The van der Waals surface area contributed by atoms with Crippen LogP contribution in [0.1, 0.15) is 17.4 Å². The topological polar surface area (TPSA) is 74.3 Å². The highest BCUT2D eigenvalue weighted by atomic mass is 19.1. The van der Waals surface area contributed by atoms with Crippen molar-refractivity contribution in [3.8, 4) is 11.3 Å². The molecule has 0 spiro atoms. The molecule has 8 heteroatoms. The molecule has 24 heavy (non-hydrogen) atoms. The summed E-state index contributed by atoms with van der Waals surface area (Å²) in [6, 6.07) is 4.70. The van der Waals surface area contributed by atoms with Gasteiger partial charge in [0.25, 0.3) is 0 Å². The van der Waals surface area contributed by atoms with Crippen molar-refractivity contribution < 1.29 is 13.9 Å². The zero-order chi connectivity index (χ0) is 17.1. The van der Waals surface area contributed by atoms with Crippen molar-refractivity contribution in [2.45, 2.75) is 6.92 Å². The normalized spacial score (nSPS) is 15.5. The first-order valence-electron chi connectivity index (χ1n) is 7.91. The summed E-state index contributed by atoms with van der Waals surface area (Å²) in [7, 11) is 2.05. The number of H-pyrrole nitrogens is 1. The van der Waals surface area contributed by atoms with Crippen molar-refractivity contribution >= 4 is 11.7 Å². The molecule has 1 aliphatic heterocycles. The highest BCUT2D eigenvalue weighted by molar-refractivity contribution is 5.94. The van der Waals surface area contributed by atoms with E-state index < -0.39 is 5.97 Å². The van der Waals surface area contributed by atoms with Crippen molar-refractivity contribution in [1.29, 1.82) is 0 Å². The number of benzene rings is 1. The second-order valence-corrected chi connectivity index (χ2v) is 5.70. The molecular formula is C16H20FN5O2. The maximum absolute atomic E-state index is 14.3. The van der Waals surface area contributed by atoms with Crippen LogP contribution in [0.25, 0.3) is 11.3 Å². The standard InChI is InChI=1S/C16H20FN5O2/c1-3-24-16(23)15-14(18-20-19-15)11-4-5-12(17)13(10-11)22-8-6-21(2)7-9-22/h4-5,10H,3,6-9H2,1-2H3,(H,18,19,20). The number of carbonyl (C=O) groups is 1. The molecule has 1 fully saturated rings. The minimum atomic E-state index is -0.549. The zero-order valence-electron chi connectivity index (χ0n) is 13.8. The van der Waals surface area contributed by atoms with Crippen LogP contribution in [0, 0.1) is 5.82 Å². The summed E-state index contributed by atoms with van der Waals surface area (Å²) in [4.78, 5) is 16.2. The van der Waals surface area contributed by atoms with Gasteiger partial charge in [-0.05, 0) is 32.2 Å². The maximum Gasteiger partial charge on any atom is 0.361 e. The summed E-state index contributed by atoms with van der Waals surface area (Å²) in [6.45, 7) is 5.23. The predicted octanol–water partition coefficient (Wildman–Crippen LogP) is 1.54. The highest BCUT2D eigenvalue weighted by Gasteiger charge is 2.22. The van der Waals surface area contributed by atoms with E-state index in [1.807, 2.05) is 11.9 Å². The van der Waals surface area contributed by atoms with Crippen LogP contribution in [0.2, 0.25) is 0 Å². The Morgan fingerprint density at radius 3 is 2.75 bits per heavy atom. The Balaban J connectivity index is 1.92. The fraction of sp³-hybridized carbons (Fsp3) is 0.438. The van der Waals surface area contributed by atoms with Gasteiger partial charge in [0.1, 0.15) is 11.5 Å². The van der Waals surface area contributed by atoms with Crippen LogP contribution in [-0.4, -0.2) is 66.1 Å². The van der Waals surface area contributed by atoms with Crippen molar-refractivity contribution in [1.82, 2.24) is 20.3 Å². The van der Waals surface area contributed by atoms with Crippen molar-refractivity contribution in [2.75, 3.05) is 44.7 Å². The second-order valence-electron chi connectivity index (χ2n) is 5.70. The lowest BCUT2D eigenvalue weighted by molar-refractivity contribution is 0.0520. The molecule has 128 valence electrons. The molecule has 1 aliphatic rings. The Labute approximate surface area is 139 Å². The largest absolute Gasteiger partial charge is 0.461 e. The number of halogens is 1. The van der Waals surface area contributed by atoms with Gasteiger partial charge in [0, 0.05) is 31.7 Å². The van der Waals surface area contributed by atoms with Gasteiger partial charge < -0.3 is 14.5 Å². The van der Waals surface area contributed by atoms with Gasteiger partial charge in [-0.1, -0.05) is 0 Å². The lowest BCUT2D eigenvalue weighted by Crippen LogP contribution is -2.44. The molecule has 0 unspecified atom stereocenters. The lowest BCUT2D eigenvalue weighted by atomic mass is 10.1. The molecule has 1 N–H and O–H groups in total. The van der Waals surface area contributed by atoms with E-state index in [1.165, 1.54) is 6.07 Å². The minimum Gasteiger partial charge on any atom is -0.461 e. The number of likely N-dealkylation sites (N-methyl/N-ethyl adjacent to an activating group) is 1. The number of aromatic amines is 1. The predicted molar refractivity (Wildman–Crippen MR) is 87.4 cm³/mol. The average Bonchev–Trinajstić information content (AvgIpc) is 3.06. The molecule has 0 atom stereocenters. The van der Waals surface area contributed by atoms with Crippen LogP contribution in [0.4, 0.5) is 10.1 Å². The number of ether oxygens (including phenoxy) is 1. The molecule has 2 heterocycles. The third-order valence-electron chi connectivity index (χ3n) is 4.08. The quantitative estimate of drug-likeness (QED) is 0.856. The summed E-state index contributed by atoms with van der Waals surface area (Å²) >= 11 is 0. The van der Waals surface area contributed by atoms with E-state index in [1.54, 1.807) is 19.1 Å². The van der Waals surface area contributed by atoms with E-state index in [9.17, 15) is 9.18 Å². The second kappa shape index (κ2) is 6.96. The monoisotopic (exact) mass is 333 g/mol. The first kappa shape index (κ1) is 16.4. The van der Waals surface area contributed by atoms with Gasteiger partial charge in [0.15, 0.2) is 5.69 Å². The highest BCUT2D eigenvalue weighted by Crippen LogP contribution is 2.28. The van der Waals surface area contributed by atoms with Gasteiger partial charge in [-0.25, -0.2) is 9.18 Å². The van der Waals surface area contributed by atoms with Gasteiger partial charge in [-0.15, -0.1) is 5.10 Å². The number of carbonyl (C=O) groups excluding carboxylic acids is 1. The van der Waals surface area contributed by atoms with Gasteiger partial charge >= 0.3 is 5.97 Å². The van der Waals surface area contributed by atoms with Crippen LogP contribution in [0.5, 0.6) is 0 Å². The molecule has 1 aromatic carbocycles. The Morgan fingerprint density at radius 1 is 1.29 bits per heavy atom. The number of aromatic nitrogens is 3. The Bertz CT molecular complexity index is 725. The molecule has 0 amide bonds. The summed E-state index contributed by atoms with van der Waals surface area (Å²) in [5, 5.41) is 10.3. The van der Waals surface area contributed by atoms with Crippen LogP contribution < -0.4 is 4.90 Å². The molecule has 1 saturated heterocycles. The number of rotatable bonds is 4. The third-order valence-corrected chi connectivity index (χ3v) is 4.08. The molecular weight excluding hydrogens is 313 g/mol. The number of hydrogen-bond acceptors (Lipinski definition) is 6. The Hall–Kier alpha value is -2.48. The first-order chi connectivity index (χ1) is 11.6. The number of nitrogens with zero attached hydrogens (tertiary/aromatic N) is 4. The zero-order valence-corrected chi connectivity index (χ0v) is 13.8. The molecule has 0 radical (unpaired) electrons. The Kier molecular flexibility index (Phi) is 4.75. The number of hydrogen-bond donors (Lipinski definition) is 1. The maximum atomic E-state index is 14.3. The SMILES string of the molecule is CCOC(=O)c1n[nH]nc1-c1ccc(F)c(N2CCN(C)CC2)c1. The van der Waals surface area contributed by atoms with E-state index in [0.717, 1.165) is 26.2 Å². The van der Waals surface area contributed by atoms with Gasteiger partial charge in [-0.3, -0.25) is 0 Å². The lowest BCUT2D eigenvalue weighted by Gasteiger charge is -2.34. The summed E-state index contributed by atoms with van der Waals surface area (Å²) in [6.07, 6.45) is 0. The van der Waals surface area contributed by atoms with Crippen molar-refractivity contribution in [2.24, 2.45) is 0 Å². The van der Waals surface area contributed by atoms with E-state index in [2.05, 4.69) is 20.3 Å². The first-order valence-corrected chi connectivity index (χ1v) is 7.91. The van der Waals surface area contributed by atoms with E-state index in [-0.39, 0.29) is 18.1 Å². The van der Waals surface area contributed by atoms with Crippen LogP contribution in [0.3, 0.4) is 0 Å². The molecule has 1 aromatic heterocycles. The van der Waals surface area contributed by atoms with E-state index >= 15 is 0 Å². The molecule has 0 bridgehead atoms. The van der Waals surface area contributed by atoms with E-state index in [0.29, 0.717) is 16.9 Å². The molecule has 0 aliphatic carbocycles. The molecule has 0 saturated carbocycles. The number of nitrogens with one attached hydrogen (secondary N) is 1. The van der Waals surface area contributed by atoms with Crippen LogP contribution in [-0.2, 0) is 4.74 Å². The van der Waals surface area contributed by atoms with Gasteiger partial charge in [0.05, 0.1) is 12.3 Å². The fourth-order valence-electron chi connectivity index (χ4n) is 2.72. The van der Waals surface area contributed by atoms with Crippen molar-refractivity contribution in [3.63, 3.8) is 0 Å².